The number of nitrogens with zero attached hydrogens (tertiary/aromatic N) is 2. The van der Waals surface area contributed by atoms with E-state index in [1.165, 1.54) is 0 Å². The molecule has 1 aromatic rings. The number of methoxy groups -OCH3 is 1. The van der Waals surface area contributed by atoms with Crippen LogP contribution >= 0.6 is 0 Å². The van der Waals surface area contributed by atoms with Crippen LogP contribution in [0.2, 0.25) is 0 Å². The standard InChI is InChI=1S/C16H27N3O2/c1-7-19(11(2)10-21-6)15(20)12-8-13(16(3,4)5)18-14(17)9-12/h8-9,11H,7,10H2,1-6H3,(H2,17,18). The van der Waals surface area contributed by atoms with Crippen molar-refractivity contribution in [3.05, 3.63) is 23.4 Å². The van der Waals surface area contributed by atoms with Gasteiger partial charge in [-0.05, 0) is 26.0 Å². The van der Waals surface area contributed by atoms with Gasteiger partial charge in [0.25, 0.3) is 5.91 Å². The molecule has 0 aliphatic heterocycles. The van der Waals surface area contributed by atoms with Crippen molar-refractivity contribution >= 4 is 11.7 Å². The Kier molecular flexibility index (Phi) is 5.72. The number of nitrogen functional groups attached to an aromatic ring is 1. The van der Waals surface area contributed by atoms with Gasteiger partial charge in [0.2, 0.25) is 0 Å². The number of aromatic nitrogens is 1. The summed E-state index contributed by atoms with van der Waals surface area (Å²) in [6, 6.07) is 3.49. The number of hydrogen-bond donors (Lipinski definition) is 1. The van der Waals surface area contributed by atoms with Gasteiger partial charge in [-0.15, -0.1) is 0 Å². The summed E-state index contributed by atoms with van der Waals surface area (Å²) in [5.41, 5.74) is 7.11. The molecule has 0 bridgehead atoms. The molecule has 1 rings (SSSR count). The highest BCUT2D eigenvalue weighted by atomic mass is 16.5. The van der Waals surface area contributed by atoms with E-state index in [0.29, 0.717) is 24.5 Å². The molecule has 1 heterocycles. The molecule has 0 aliphatic rings. The fraction of sp³-hybridized carbons (Fsp3) is 0.625. The van der Waals surface area contributed by atoms with Crippen molar-refractivity contribution in [2.24, 2.45) is 0 Å². The smallest absolute Gasteiger partial charge is 0.254 e. The molecule has 0 spiro atoms. The minimum absolute atomic E-state index is 0.0139. The van der Waals surface area contributed by atoms with E-state index in [4.69, 9.17) is 10.5 Å². The van der Waals surface area contributed by atoms with Crippen molar-refractivity contribution in [3.63, 3.8) is 0 Å². The topological polar surface area (TPSA) is 68.5 Å². The maximum atomic E-state index is 12.7. The van der Waals surface area contributed by atoms with Crippen molar-refractivity contribution in [2.75, 3.05) is 26.0 Å². The molecule has 0 aromatic carbocycles. The zero-order valence-corrected chi connectivity index (χ0v) is 13.9. The van der Waals surface area contributed by atoms with Crippen LogP contribution in [-0.4, -0.2) is 42.1 Å². The third-order valence-electron chi connectivity index (χ3n) is 3.40. The van der Waals surface area contributed by atoms with Gasteiger partial charge in [-0.2, -0.15) is 0 Å². The maximum absolute atomic E-state index is 12.7. The lowest BCUT2D eigenvalue weighted by Crippen LogP contribution is -2.41. The Hall–Kier alpha value is -1.62. The minimum Gasteiger partial charge on any atom is -0.384 e. The Morgan fingerprint density at radius 3 is 2.52 bits per heavy atom. The van der Waals surface area contributed by atoms with E-state index in [1.54, 1.807) is 18.1 Å². The molecular weight excluding hydrogens is 266 g/mol. The molecule has 1 amide bonds. The minimum atomic E-state index is -0.153. The first-order chi connectivity index (χ1) is 9.70. The van der Waals surface area contributed by atoms with Crippen LogP contribution in [0.1, 0.15) is 50.7 Å². The lowest BCUT2D eigenvalue weighted by molar-refractivity contribution is 0.0579. The molecule has 0 saturated heterocycles. The van der Waals surface area contributed by atoms with Crippen molar-refractivity contribution in [2.45, 2.75) is 46.1 Å². The van der Waals surface area contributed by atoms with Gasteiger partial charge < -0.3 is 15.4 Å². The van der Waals surface area contributed by atoms with Gasteiger partial charge in [0.1, 0.15) is 5.82 Å². The van der Waals surface area contributed by atoms with E-state index >= 15 is 0 Å². The maximum Gasteiger partial charge on any atom is 0.254 e. The predicted octanol–water partition coefficient (Wildman–Crippen LogP) is 2.46. The first-order valence-electron chi connectivity index (χ1n) is 7.28. The second kappa shape index (κ2) is 6.89. The second-order valence-corrected chi connectivity index (χ2v) is 6.31. The molecular formula is C16H27N3O2. The Morgan fingerprint density at radius 1 is 1.43 bits per heavy atom. The molecule has 0 fully saturated rings. The van der Waals surface area contributed by atoms with Gasteiger partial charge >= 0.3 is 0 Å². The molecule has 1 atom stereocenters. The highest BCUT2D eigenvalue weighted by Gasteiger charge is 2.23. The number of ether oxygens (including phenoxy) is 1. The zero-order chi connectivity index (χ0) is 16.2. The third-order valence-corrected chi connectivity index (χ3v) is 3.40. The number of nitrogens with two attached hydrogens (primary N) is 1. The molecule has 2 N–H and O–H groups in total. The molecule has 0 saturated carbocycles. The quantitative estimate of drug-likeness (QED) is 0.905. The SMILES string of the molecule is CCN(C(=O)c1cc(N)nc(C(C)(C)C)c1)C(C)COC. The van der Waals surface area contributed by atoms with Crippen LogP contribution in [0.4, 0.5) is 5.82 Å². The lowest BCUT2D eigenvalue weighted by atomic mass is 9.90. The Bertz CT molecular complexity index is 495. The number of anilines is 1. The summed E-state index contributed by atoms with van der Waals surface area (Å²) in [6.45, 7) is 11.2. The second-order valence-electron chi connectivity index (χ2n) is 6.31. The summed E-state index contributed by atoms with van der Waals surface area (Å²) >= 11 is 0. The number of likely N-dealkylation sites (N-methyl/N-ethyl adjacent to an activating group) is 1. The van der Waals surface area contributed by atoms with Crippen molar-refractivity contribution < 1.29 is 9.53 Å². The van der Waals surface area contributed by atoms with Crippen molar-refractivity contribution in [1.29, 1.82) is 0 Å². The number of carbonyl (C=O) groups excluding carboxylic acids is 1. The summed E-state index contributed by atoms with van der Waals surface area (Å²) in [4.78, 5) is 18.8. The van der Waals surface area contributed by atoms with Gasteiger partial charge in [0.05, 0.1) is 12.6 Å². The van der Waals surface area contributed by atoms with E-state index in [1.807, 2.05) is 40.7 Å². The van der Waals surface area contributed by atoms with E-state index in [-0.39, 0.29) is 17.4 Å². The average Bonchev–Trinajstić information content (AvgIpc) is 2.38. The summed E-state index contributed by atoms with van der Waals surface area (Å²) in [5.74, 6) is 0.336. The number of rotatable bonds is 5. The Labute approximate surface area is 127 Å². The van der Waals surface area contributed by atoms with Crippen LogP contribution in [0, 0.1) is 0 Å². The number of carbonyl (C=O) groups is 1. The van der Waals surface area contributed by atoms with E-state index in [0.717, 1.165) is 5.69 Å². The largest absolute Gasteiger partial charge is 0.384 e. The fourth-order valence-corrected chi connectivity index (χ4v) is 2.21. The number of hydrogen-bond acceptors (Lipinski definition) is 4. The lowest BCUT2D eigenvalue weighted by Gasteiger charge is -2.28. The first kappa shape index (κ1) is 17.4. The van der Waals surface area contributed by atoms with Crippen LogP contribution in [0.3, 0.4) is 0 Å². The molecule has 5 nitrogen and oxygen atoms in total. The van der Waals surface area contributed by atoms with Crippen LogP contribution in [-0.2, 0) is 10.2 Å². The van der Waals surface area contributed by atoms with Gasteiger partial charge in [-0.25, -0.2) is 4.98 Å². The summed E-state index contributed by atoms with van der Waals surface area (Å²) in [6.07, 6.45) is 0. The van der Waals surface area contributed by atoms with Crippen LogP contribution in [0.5, 0.6) is 0 Å². The van der Waals surface area contributed by atoms with Gasteiger partial charge in [0.15, 0.2) is 0 Å². The molecule has 1 aromatic heterocycles. The number of amides is 1. The van der Waals surface area contributed by atoms with E-state index < -0.39 is 0 Å². The third kappa shape index (κ3) is 4.43. The predicted molar refractivity (Wildman–Crippen MR) is 85.4 cm³/mol. The highest BCUT2D eigenvalue weighted by Crippen LogP contribution is 2.23. The highest BCUT2D eigenvalue weighted by molar-refractivity contribution is 5.95. The Balaban J connectivity index is 3.14. The van der Waals surface area contributed by atoms with E-state index in [2.05, 4.69) is 4.98 Å². The average molecular weight is 293 g/mol. The molecule has 0 aliphatic carbocycles. The summed E-state index contributed by atoms with van der Waals surface area (Å²) in [5, 5.41) is 0. The normalized spacial score (nSPS) is 13.0. The monoisotopic (exact) mass is 293 g/mol. The molecule has 0 radical (unpaired) electrons. The van der Waals surface area contributed by atoms with Gasteiger partial charge in [0, 0.05) is 30.3 Å². The fourth-order valence-electron chi connectivity index (χ4n) is 2.21. The Morgan fingerprint density at radius 2 is 2.05 bits per heavy atom. The molecule has 5 heteroatoms. The molecule has 118 valence electrons. The van der Waals surface area contributed by atoms with E-state index in [9.17, 15) is 4.79 Å². The van der Waals surface area contributed by atoms with Gasteiger partial charge in [-0.1, -0.05) is 20.8 Å². The van der Waals surface area contributed by atoms with Crippen LogP contribution < -0.4 is 5.73 Å². The number of pyridine rings is 1. The van der Waals surface area contributed by atoms with Crippen LogP contribution in [0.15, 0.2) is 12.1 Å². The molecule has 1 unspecified atom stereocenters. The van der Waals surface area contributed by atoms with Gasteiger partial charge in [-0.3, -0.25) is 4.79 Å². The first-order valence-corrected chi connectivity index (χ1v) is 7.28. The van der Waals surface area contributed by atoms with Crippen molar-refractivity contribution in [1.82, 2.24) is 9.88 Å². The van der Waals surface area contributed by atoms with Crippen LogP contribution in [0.25, 0.3) is 0 Å². The summed E-state index contributed by atoms with van der Waals surface area (Å²) < 4.78 is 5.14. The van der Waals surface area contributed by atoms with Crippen molar-refractivity contribution in [3.8, 4) is 0 Å². The molecule has 21 heavy (non-hydrogen) atoms. The zero-order valence-electron chi connectivity index (χ0n) is 13.9. The summed E-state index contributed by atoms with van der Waals surface area (Å²) in [7, 11) is 1.64.